The second kappa shape index (κ2) is 8.47. The first kappa shape index (κ1) is 18.7. The summed E-state index contributed by atoms with van der Waals surface area (Å²) in [6.45, 7) is -0.509. The van der Waals surface area contributed by atoms with Gasteiger partial charge >= 0.3 is 11.9 Å². The number of ether oxygens (including phenoxy) is 3. The lowest BCUT2D eigenvalue weighted by atomic mass is 10.1. The van der Waals surface area contributed by atoms with Crippen LogP contribution in [-0.2, 0) is 9.53 Å². The quantitative estimate of drug-likeness (QED) is 0.231. The summed E-state index contributed by atoms with van der Waals surface area (Å²) in [5.74, 6) is -0.840. The van der Waals surface area contributed by atoms with E-state index >= 15 is 0 Å². The van der Waals surface area contributed by atoms with E-state index in [-0.39, 0.29) is 11.3 Å². The molecule has 0 atom stereocenters. The van der Waals surface area contributed by atoms with E-state index in [1.54, 1.807) is 12.1 Å². The predicted molar refractivity (Wildman–Crippen MR) is 89.2 cm³/mol. The van der Waals surface area contributed by atoms with E-state index in [2.05, 4.69) is 0 Å². The molecule has 1 aromatic heterocycles. The molecule has 1 heterocycles. The van der Waals surface area contributed by atoms with Gasteiger partial charge in [0.15, 0.2) is 6.61 Å². The minimum Gasteiger partial charge on any atom is -0.497 e. The number of ketones is 1. The summed E-state index contributed by atoms with van der Waals surface area (Å²) in [5, 5.41) is 10.5. The highest BCUT2D eigenvalue weighted by Gasteiger charge is 2.15. The molecule has 0 saturated heterocycles. The number of Topliss-reactive ketones (excluding diaryl/α,β-unsaturated/α-hetero) is 1. The molecule has 0 aliphatic rings. The average Bonchev–Trinajstić information content (AvgIpc) is 3.13. The molecule has 0 spiro atoms. The van der Waals surface area contributed by atoms with E-state index in [1.807, 2.05) is 0 Å². The Hall–Kier alpha value is -3.62. The van der Waals surface area contributed by atoms with Crippen LogP contribution < -0.4 is 9.47 Å². The zero-order valence-electron chi connectivity index (χ0n) is 14.0. The zero-order valence-corrected chi connectivity index (χ0v) is 14.0. The lowest BCUT2D eigenvalue weighted by Crippen LogP contribution is -2.13. The molecule has 0 aliphatic carbocycles. The Bertz CT molecular complexity index is 852. The van der Waals surface area contributed by atoms with Gasteiger partial charge in [-0.25, -0.2) is 4.79 Å². The number of carbonyl (C=O) groups excluding carboxylic acids is 2. The van der Waals surface area contributed by atoms with E-state index in [9.17, 15) is 19.7 Å². The van der Waals surface area contributed by atoms with E-state index in [0.717, 1.165) is 12.1 Å². The fourth-order valence-corrected chi connectivity index (χ4v) is 1.97. The van der Waals surface area contributed by atoms with E-state index in [4.69, 9.17) is 18.6 Å². The molecule has 136 valence electrons. The van der Waals surface area contributed by atoms with Crippen LogP contribution in [0, 0.1) is 10.1 Å². The Labute approximate surface area is 147 Å². The molecule has 9 nitrogen and oxygen atoms in total. The maximum atomic E-state index is 12.2. The van der Waals surface area contributed by atoms with Crippen LogP contribution in [0.2, 0.25) is 0 Å². The highest BCUT2D eigenvalue weighted by molar-refractivity contribution is 6.01. The van der Waals surface area contributed by atoms with E-state index in [1.165, 1.54) is 32.4 Å². The van der Waals surface area contributed by atoms with Gasteiger partial charge in [0, 0.05) is 6.08 Å². The predicted octanol–water partition coefficient (Wildman–Crippen LogP) is 2.64. The van der Waals surface area contributed by atoms with Gasteiger partial charge in [0.25, 0.3) is 0 Å². The third-order valence-electron chi connectivity index (χ3n) is 3.23. The molecule has 26 heavy (non-hydrogen) atoms. The summed E-state index contributed by atoms with van der Waals surface area (Å²) in [6, 6.07) is 7.16. The summed E-state index contributed by atoms with van der Waals surface area (Å²) in [4.78, 5) is 33.7. The summed E-state index contributed by atoms with van der Waals surface area (Å²) in [7, 11) is 2.87. The van der Waals surface area contributed by atoms with Crippen molar-refractivity contribution < 1.29 is 33.1 Å². The molecule has 0 unspecified atom stereocenters. The smallest absolute Gasteiger partial charge is 0.433 e. The Morgan fingerprint density at radius 2 is 1.96 bits per heavy atom. The summed E-state index contributed by atoms with van der Waals surface area (Å²) in [6.07, 6.45) is 2.20. The van der Waals surface area contributed by atoms with Crippen molar-refractivity contribution in [3.63, 3.8) is 0 Å². The first-order valence-corrected chi connectivity index (χ1v) is 7.29. The third kappa shape index (κ3) is 4.69. The van der Waals surface area contributed by atoms with Crippen molar-refractivity contribution in [1.82, 2.24) is 0 Å². The number of nitrogens with zero attached hydrogens (tertiary/aromatic N) is 1. The summed E-state index contributed by atoms with van der Waals surface area (Å²) < 4.78 is 19.9. The Morgan fingerprint density at radius 3 is 2.58 bits per heavy atom. The largest absolute Gasteiger partial charge is 0.497 e. The number of rotatable bonds is 8. The molecule has 0 amide bonds. The van der Waals surface area contributed by atoms with Gasteiger partial charge in [-0.3, -0.25) is 14.9 Å². The number of hydrogen-bond acceptors (Lipinski definition) is 8. The number of furan rings is 1. The fraction of sp³-hybridized carbons (Fsp3) is 0.176. The first-order chi connectivity index (χ1) is 12.4. The number of nitro groups is 1. The van der Waals surface area contributed by atoms with Crippen molar-refractivity contribution in [3.8, 4) is 11.5 Å². The van der Waals surface area contributed by atoms with E-state index < -0.39 is 29.2 Å². The van der Waals surface area contributed by atoms with Gasteiger partial charge in [0.05, 0.1) is 25.8 Å². The van der Waals surface area contributed by atoms with Crippen LogP contribution >= 0.6 is 0 Å². The SMILES string of the molecule is COc1ccc(OC)c(C(=O)COC(=O)/C=C/c2ccc([N+](=O)[O-])o2)c1. The lowest BCUT2D eigenvalue weighted by Gasteiger charge is -2.09. The highest BCUT2D eigenvalue weighted by Crippen LogP contribution is 2.24. The monoisotopic (exact) mass is 361 g/mol. The maximum absolute atomic E-state index is 12.2. The van der Waals surface area contributed by atoms with Crippen molar-refractivity contribution in [2.45, 2.75) is 0 Å². The molecular weight excluding hydrogens is 346 g/mol. The maximum Gasteiger partial charge on any atom is 0.433 e. The van der Waals surface area contributed by atoms with Crippen molar-refractivity contribution in [2.75, 3.05) is 20.8 Å². The lowest BCUT2D eigenvalue weighted by molar-refractivity contribution is -0.402. The molecule has 0 radical (unpaired) electrons. The van der Waals surface area contributed by atoms with Gasteiger partial charge in [-0.1, -0.05) is 0 Å². The van der Waals surface area contributed by atoms with Crippen molar-refractivity contribution in [3.05, 3.63) is 57.8 Å². The van der Waals surface area contributed by atoms with Crippen LogP contribution in [0.1, 0.15) is 16.1 Å². The molecule has 0 fully saturated rings. The molecule has 0 bridgehead atoms. The van der Waals surface area contributed by atoms with Crippen molar-refractivity contribution >= 4 is 23.7 Å². The standard InChI is InChI=1S/C17H15NO8/c1-23-12-3-6-15(24-2)13(9-12)14(19)10-25-17(20)8-5-11-4-7-16(26-11)18(21)22/h3-9H,10H2,1-2H3/b8-5+. The number of methoxy groups -OCH3 is 2. The van der Waals surface area contributed by atoms with Gasteiger partial charge in [-0.2, -0.15) is 0 Å². The molecular formula is C17H15NO8. The second-order valence-corrected chi connectivity index (χ2v) is 4.86. The number of hydrogen-bond donors (Lipinski definition) is 0. The van der Waals surface area contributed by atoms with Gasteiger partial charge < -0.3 is 18.6 Å². The van der Waals surface area contributed by atoms with Gasteiger partial charge in [-0.05, 0) is 30.3 Å². The first-order valence-electron chi connectivity index (χ1n) is 7.29. The van der Waals surface area contributed by atoms with Gasteiger partial charge in [0.1, 0.15) is 22.2 Å². The van der Waals surface area contributed by atoms with Crippen LogP contribution in [0.15, 0.2) is 40.8 Å². The van der Waals surface area contributed by atoms with Crippen LogP contribution in [0.25, 0.3) is 6.08 Å². The molecule has 0 aliphatic heterocycles. The topological polar surface area (TPSA) is 118 Å². The van der Waals surface area contributed by atoms with Crippen LogP contribution in [0.4, 0.5) is 5.88 Å². The number of carbonyl (C=O) groups is 2. The Kier molecular flexibility index (Phi) is 6.10. The molecule has 0 saturated carbocycles. The Balaban J connectivity index is 1.97. The Morgan fingerprint density at radius 1 is 1.19 bits per heavy atom. The van der Waals surface area contributed by atoms with E-state index in [0.29, 0.717) is 11.5 Å². The van der Waals surface area contributed by atoms with Gasteiger partial charge in [0.2, 0.25) is 5.78 Å². The minimum absolute atomic E-state index is 0.106. The van der Waals surface area contributed by atoms with Gasteiger partial charge in [-0.15, -0.1) is 0 Å². The number of benzene rings is 1. The molecule has 2 rings (SSSR count). The minimum atomic E-state index is -0.806. The fourth-order valence-electron chi connectivity index (χ4n) is 1.97. The second-order valence-electron chi connectivity index (χ2n) is 4.86. The normalized spacial score (nSPS) is 10.5. The summed E-state index contributed by atoms with van der Waals surface area (Å²) in [5.41, 5.74) is 0.213. The molecule has 9 heteroatoms. The summed E-state index contributed by atoms with van der Waals surface area (Å²) >= 11 is 0. The van der Waals surface area contributed by atoms with Crippen molar-refractivity contribution in [2.24, 2.45) is 0 Å². The van der Waals surface area contributed by atoms with Crippen molar-refractivity contribution in [1.29, 1.82) is 0 Å². The molecule has 2 aromatic rings. The zero-order chi connectivity index (χ0) is 19.1. The van der Waals surface area contributed by atoms with Crippen LogP contribution in [0.5, 0.6) is 11.5 Å². The molecule has 1 aromatic carbocycles. The third-order valence-corrected chi connectivity index (χ3v) is 3.23. The average molecular weight is 361 g/mol. The van der Waals surface area contributed by atoms with Crippen LogP contribution in [-0.4, -0.2) is 37.5 Å². The van der Waals surface area contributed by atoms with Crippen LogP contribution in [0.3, 0.4) is 0 Å². The number of esters is 1. The molecule has 0 N–H and O–H groups in total. The highest BCUT2D eigenvalue weighted by atomic mass is 16.6.